The third-order valence-electron chi connectivity index (χ3n) is 2.80. The fraction of sp³-hybridized carbons (Fsp3) is 0.700. The molecular formula is C10H16O3. The zero-order valence-electron chi connectivity index (χ0n) is 7.86. The minimum Gasteiger partial charge on any atom is -0.393 e. The Morgan fingerprint density at radius 3 is 2.85 bits per heavy atom. The zero-order chi connectivity index (χ0) is 9.90. The number of aldehydes is 1. The van der Waals surface area contributed by atoms with Crippen LogP contribution in [-0.2, 0) is 4.79 Å². The molecule has 0 spiro atoms. The molecule has 0 radical (unpaired) electrons. The lowest BCUT2D eigenvalue weighted by atomic mass is 9.79. The second-order valence-electron chi connectivity index (χ2n) is 3.88. The van der Waals surface area contributed by atoms with E-state index in [2.05, 4.69) is 0 Å². The highest BCUT2D eigenvalue weighted by atomic mass is 16.3. The van der Waals surface area contributed by atoms with E-state index in [1.54, 1.807) is 6.92 Å². The van der Waals surface area contributed by atoms with Gasteiger partial charge in [0, 0.05) is 0 Å². The lowest BCUT2D eigenvalue weighted by Gasteiger charge is -2.32. The summed E-state index contributed by atoms with van der Waals surface area (Å²) in [6.07, 6.45) is 4.89. The molecule has 1 rings (SSSR count). The van der Waals surface area contributed by atoms with Gasteiger partial charge in [-0.3, -0.25) is 4.79 Å². The van der Waals surface area contributed by atoms with Gasteiger partial charge in [0.25, 0.3) is 0 Å². The molecule has 0 fully saturated rings. The molecule has 2 N–H and O–H groups in total. The lowest BCUT2D eigenvalue weighted by molar-refractivity contribution is -0.105. The minimum absolute atomic E-state index is 0.0706. The van der Waals surface area contributed by atoms with Gasteiger partial charge in [-0.25, -0.2) is 0 Å². The fourth-order valence-electron chi connectivity index (χ4n) is 1.66. The summed E-state index contributed by atoms with van der Waals surface area (Å²) in [5.74, 6) is 0.0706. The van der Waals surface area contributed by atoms with Crippen molar-refractivity contribution >= 4 is 6.29 Å². The van der Waals surface area contributed by atoms with Crippen molar-refractivity contribution in [3.05, 3.63) is 11.6 Å². The highest BCUT2D eigenvalue weighted by molar-refractivity contribution is 5.73. The molecule has 1 aliphatic rings. The molecule has 2 atom stereocenters. The molecule has 0 bridgehead atoms. The zero-order valence-corrected chi connectivity index (χ0v) is 7.86. The molecule has 0 aromatic carbocycles. The maximum absolute atomic E-state index is 10.4. The topological polar surface area (TPSA) is 57.5 Å². The first-order valence-corrected chi connectivity index (χ1v) is 4.57. The first kappa shape index (κ1) is 10.4. The normalized spacial score (nSPS) is 27.6. The summed E-state index contributed by atoms with van der Waals surface area (Å²) in [4.78, 5) is 10.4. The Balaban J connectivity index is 2.59. The highest BCUT2D eigenvalue weighted by Gasteiger charge is 2.31. The number of rotatable bonds is 3. The van der Waals surface area contributed by atoms with Crippen LogP contribution in [0.3, 0.4) is 0 Å². The molecule has 0 aromatic heterocycles. The van der Waals surface area contributed by atoms with E-state index in [1.807, 2.05) is 6.08 Å². The van der Waals surface area contributed by atoms with Crippen LogP contribution in [0.1, 0.15) is 26.2 Å². The van der Waals surface area contributed by atoms with Crippen molar-refractivity contribution < 1.29 is 15.0 Å². The molecule has 3 heteroatoms. The Labute approximate surface area is 78.1 Å². The average Bonchev–Trinajstić information content (AvgIpc) is 2.18. The number of carbonyl (C=O) groups excluding carboxylic acids is 1. The first-order chi connectivity index (χ1) is 6.10. The lowest BCUT2D eigenvalue weighted by Crippen LogP contribution is -2.39. The van der Waals surface area contributed by atoms with Gasteiger partial charge in [0.15, 0.2) is 0 Å². The molecule has 0 aromatic rings. The standard InChI is InChI=1S/C10H16O3/c1-10(13,7-12)9-4-2-8(6-11)3-5-9/h2,6,9,12-13H,3-5,7H2,1H3/t9-,10?/m1/s1. The van der Waals surface area contributed by atoms with Crippen molar-refractivity contribution in [2.45, 2.75) is 31.8 Å². The van der Waals surface area contributed by atoms with Crippen LogP contribution in [0.25, 0.3) is 0 Å². The van der Waals surface area contributed by atoms with E-state index >= 15 is 0 Å². The molecule has 0 aliphatic heterocycles. The molecular weight excluding hydrogens is 168 g/mol. The Morgan fingerprint density at radius 2 is 2.46 bits per heavy atom. The summed E-state index contributed by atoms with van der Waals surface area (Å²) in [5, 5.41) is 18.7. The number of aliphatic hydroxyl groups excluding tert-OH is 1. The summed E-state index contributed by atoms with van der Waals surface area (Å²) in [7, 11) is 0. The van der Waals surface area contributed by atoms with Gasteiger partial charge in [-0.05, 0) is 37.7 Å². The summed E-state index contributed by atoms with van der Waals surface area (Å²) in [5.41, 5.74) is -0.199. The summed E-state index contributed by atoms with van der Waals surface area (Å²) >= 11 is 0. The van der Waals surface area contributed by atoms with Gasteiger partial charge in [0.2, 0.25) is 0 Å². The monoisotopic (exact) mass is 184 g/mol. The third-order valence-corrected chi connectivity index (χ3v) is 2.80. The second kappa shape index (κ2) is 4.03. The van der Waals surface area contributed by atoms with Gasteiger partial charge >= 0.3 is 0 Å². The van der Waals surface area contributed by atoms with Gasteiger partial charge in [-0.15, -0.1) is 0 Å². The van der Waals surface area contributed by atoms with Crippen LogP contribution >= 0.6 is 0 Å². The average molecular weight is 184 g/mol. The maximum Gasteiger partial charge on any atom is 0.145 e. The molecule has 0 heterocycles. The SMILES string of the molecule is CC(O)(CO)[C@@H]1CC=C(C=O)CC1. The van der Waals surface area contributed by atoms with Crippen molar-refractivity contribution in [2.75, 3.05) is 6.61 Å². The molecule has 0 saturated heterocycles. The van der Waals surface area contributed by atoms with Crippen LogP contribution in [0, 0.1) is 5.92 Å². The van der Waals surface area contributed by atoms with Crippen LogP contribution in [0.15, 0.2) is 11.6 Å². The maximum atomic E-state index is 10.4. The summed E-state index contributed by atoms with van der Waals surface area (Å²) < 4.78 is 0. The van der Waals surface area contributed by atoms with Crippen molar-refractivity contribution in [3.63, 3.8) is 0 Å². The summed E-state index contributed by atoms with van der Waals surface area (Å²) in [6, 6.07) is 0. The highest BCUT2D eigenvalue weighted by Crippen LogP contribution is 2.30. The van der Waals surface area contributed by atoms with Crippen LogP contribution in [0.4, 0.5) is 0 Å². The van der Waals surface area contributed by atoms with Gasteiger partial charge in [-0.1, -0.05) is 6.08 Å². The smallest absolute Gasteiger partial charge is 0.145 e. The molecule has 1 aliphatic carbocycles. The quantitative estimate of drug-likeness (QED) is 0.633. The fourth-order valence-corrected chi connectivity index (χ4v) is 1.66. The van der Waals surface area contributed by atoms with Gasteiger partial charge in [-0.2, -0.15) is 0 Å². The van der Waals surface area contributed by atoms with Crippen LogP contribution in [0.2, 0.25) is 0 Å². The van der Waals surface area contributed by atoms with Crippen LogP contribution < -0.4 is 0 Å². The first-order valence-electron chi connectivity index (χ1n) is 4.57. The van der Waals surface area contributed by atoms with E-state index in [1.165, 1.54) is 0 Å². The van der Waals surface area contributed by atoms with Crippen LogP contribution in [0.5, 0.6) is 0 Å². The molecule has 13 heavy (non-hydrogen) atoms. The van der Waals surface area contributed by atoms with E-state index in [0.29, 0.717) is 12.8 Å². The molecule has 0 saturated carbocycles. The predicted octanol–water partition coefficient (Wildman–Crippen LogP) is 0.655. The Kier molecular flexibility index (Phi) is 3.22. The van der Waals surface area contributed by atoms with Crippen molar-refractivity contribution in [2.24, 2.45) is 5.92 Å². The largest absolute Gasteiger partial charge is 0.393 e. The third kappa shape index (κ3) is 2.39. The van der Waals surface area contributed by atoms with Gasteiger partial charge in [0.05, 0.1) is 12.2 Å². The van der Waals surface area contributed by atoms with Crippen LogP contribution in [-0.4, -0.2) is 28.7 Å². The number of allylic oxidation sites excluding steroid dienone is 2. The number of aliphatic hydroxyl groups is 2. The second-order valence-corrected chi connectivity index (χ2v) is 3.88. The molecule has 3 nitrogen and oxygen atoms in total. The number of carbonyl (C=O) groups is 1. The van der Waals surface area contributed by atoms with E-state index in [0.717, 1.165) is 18.3 Å². The van der Waals surface area contributed by atoms with Crippen molar-refractivity contribution in [1.82, 2.24) is 0 Å². The number of hydrogen-bond acceptors (Lipinski definition) is 3. The van der Waals surface area contributed by atoms with E-state index in [-0.39, 0.29) is 12.5 Å². The van der Waals surface area contributed by atoms with Crippen molar-refractivity contribution in [1.29, 1.82) is 0 Å². The molecule has 0 amide bonds. The van der Waals surface area contributed by atoms with Gasteiger partial charge < -0.3 is 10.2 Å². The predicted molar refractivity (Wildman–Crippen MR) is 49.2 cm³/mol. The van der Waals surface area contributed by atoms with Gasteiger partial charge in [0.1, 0.15) is 6.29 Å². The van der Waals surface area contributed by atoms with E-state index in [9.17, 15) is 9.90 Å². The van der Waals surface area contributed by atoms with Crippen molar-refractivity contribution in [3.8, 4) is 0 Å². The van der Waals surface area contributed by atoms with E-state index in [4.69, 9.17) is 5.11 Å². The molecule has 1 unspecified atom stereocenters. The number of hydrogen-bond donors (Lipinski definition) is 2. The Morgan fingerprint density at radius 1 is 1.77 bits per heavy atom. The summed E-state index contributed by atoms with van der Waals surface area (Å²) in [6.45, 7) is 1.42. The minimum atomic E-state index is -1.01. The Hall–Kier alpha value is -0.670. The molecule has 74 valence electrons. The Bertz CT molecular complexity index is 218. The van der Waals surface area contributed by atoms with E-state index < -0.39 is 5.60 Å².